The van der Waals surface area contributed by atoms with Crippen LogP contribution in [0.4, 0.5) is 11.5 Å². The van der Waals surface area contributed by atoms with E-state index in [0.29, 0.717) is 32.9 Å². The predicted molar refractivity (Wildman–Crippen MR) is 126 cm³/mol. The van der Waals surface area contributed by atoms with Crippen LogP contribution in [0, 0.1) is 0 Å². The van der Waals surface area contributed by atoms with Crippen LogP contribution in [0.2, 0.25) is 5.02 Å². The van der Waals surface area contributed by atoms with Crippen molar-refractivity contribution in [2.24, 2.45) is 5.10 Å². The average Bonchev–Trinajstić information content (AvgIpc) is 3.08. The number of carbonyl (C=O) groups is 1. The molecule has 0 aliphatic carbocycles. The largest absolute Gasteiger partial charge is 0.383 e. The van der Waals surface area contributed by atoms with E-state index in [1.807, 2.05) is 30.3 Å². The molecule has 2 aromatic carbocycles. The van der Waals surface area contributed by atoms with Gasteiger partial charge in [-0.15, -0.1) is 0 Å². The molecule has 3 N–H and O–H groups in total. The number of rotatable bonds is 4. The number of pyridine rings is 1. The maximum absolute atomic E-state index is 13.2. The van der Waals surface area contributed by atoms with Crippen molar-refractivity contribution in [3.8, 4) is 0 Å². The molecule has 3 aromatic heterocycles. The zero-order valence-electron chi connectivity index (χ0n) is 16.6. The number of fused-ring (bicyclic) bond motifs is 2. The SMILES string of the molecule is Nc1c(C(=O)Nc2ccc(Cl)cc2)c2nc3ccccc3nc2n1N=Cc1cccnc1. The van der Waals surface area contributed by atoms with E-state index in [0.717, 1.165) is 5.56 Å². The van der Waals surface area contributed by atoms with Gasteiger partial charge in [-0.05, 0) is 42.5 Å². The lowest BCUT2D eigenvalue weighted by Crippen LogP contribution is -2.14. The van der Waals surface area contributed by atoms with Crippen LogP contribution in [-0.4, -0.2) is 31.7 Å². The van der Waals surface area contributed by atoms with Gasteiger partial charge >= 0.3 is 0 Å². The molecule has 0 saturated heterocycles. The zero-order valence-corrected chi connectivity index (χ0v) is 17.4. The number of benzene rings is 2. The Balaban J connectivity index is 1.66. The van der Waals surface area contributed by atoms with E-state index in [1.165, 1.54) is 4.68 Å². The third-order valence-corrected chi connectivity index (χ3v) is 5.06. The number of para-hydroxylation sites is 2. The Labute approximate surface area is 187 Å². The van der Waals surface area contributed by atoms with E-state index >= 15 is 0 Å². The summed E-state index contributed by atoms with van der Waals surface area (Å²) in [6, 6.07) is 17.8. The summed E-state index contributed by atoms with van der Waals surface area (Å²) < 4.78 is 1.42. The van der Waals surface area contributed by atoms with Crippen LogP contribution in [0.1, 0.15) is 15.9 Å². The second-order valence-electron chi connectivity index (χ2n) is 6.95. The van der Waals surface area contributed by atoms with E-state index in [2.05, 4.69) is 25.4 Å². The van der Waals surface area contributed by atoms with Crippen molar-refractivity contribution in [3.05, 3.63) is 89.2 Å². The van der Waals surface area contributed by atoms with Crippen molar-refractivity contribution in [3.63, 3.8) is 0 Å². The molecule has 0 aliphatic heterocycles. The molecule has 0 fully saturated rings. The normalized spacial score (nSPS) is 11.4. The Morgan fingerprint density at radius 2 is 1.78 bits per heavy atom. The highest BCUT2D eigenvalue weighted by Crippen LogP contribution is 2.28. The van der Waals surface area contributed by atoms with E-state index in [4.69, 9.17) is 17.3 Å². The van der Waals surface area contributed by atoms with Crippen LogP contribution in [-0.2, 0) is 0 Å². The number of amides is 1. The highest BCUT2D eigenvalue weighted by Gasteiger charge is 2.24. The molecule has 32 heavy (non-hydrogen) atoms. The van der Waals surface area contributed by atoms with Crippen molar-refractivity contribution < 1.29 is 4.79 Å². The second kappa shape index (κ2) is 8.09. The quantitative estimate of drug-likeness (QED) is 0.403. The van der Waals surface area contributed by atoms with Gasteiger partial charge in [0.25, 0.3) is 5.91 Å². The first kappa shape index (κ1) is 19.7. The standard InChI is InChI=1S/C23H16ClN7O/c24-15-7-9-16(10-8-15)28-23(32)19-20-22(30-18-6-2-1-5-17(18)29-20)31(21(19)25)27-13-14-4-3-11-26-12-14/h1-13H,25H2,(H,28,32). The lowest BCUT2D eigenvalue weighted by Gasteiger charge is -2.05. The highest BCUT2D eigenvalue weighted by atomic mass is 35.5. The van der Waals surface area contributed by atoms with Gasteiger partial charge in [0.15, 0.2) is 5.65 Å². The van der Waals surface area contributed by atoms with Crippen LogP contribution >= 0.6 is 11.6 Å². The summed E-state index contributed by atoms with van der Waals surface area (Å²) in [5.74, 6) is -0.295. The molecule has 5 rings (SSSR count). The summed E-state index contributed by atoms with van der Waals surface area (Å²) in [4.78, 5) is 26.6. The number of nitrogens with one attached hydrogen (secondary N) is 1. The molecule has 3 heterocycles. The van der Waals surface area contributed by atoms with Gasteiger partial charge in [0, 0.05) is 28.7 Å². The second-order valence-corrected chi connectivity index (χ2v) is 7.38. The fraction of sp³-hybridized carbons (Fsp3) is 0. The van der Waals surface area contributed by atoms with E-state index in [1.54, 1.807) is 48.9 Å². The molecule has 0 radical (unpaired) electrons. The Morgan fingerprint density at radius 3 is 2.50 bits per heavy atom. The molecule has 0 unspecified atom stereocenters. The minimum atomic E-state index is -0.422. The molecule has 0 spiro atoms. The Morgan fingerprint density at radius 1 is 1.03 bits per heavy atom. The minimum absolute atomic E-state index is 0.127. The lowest BCUT2D eigenvalue weighted by atomic mass is 10.2. The van der Waals surface area contributed by atoms with Gasteiger partial charge < -0.3 is 11.1 Å². The third-order valence-electron chi connectivity index (χ3n) is 4.81. The van der Waals surface area contributed by atoms with Crippen LogP contribution in [0.5, 0.6) is 0 Å². The van der Waals surface area contributed by atoms with Crippen molar-refractivity contribution in [1.29, 1.82) is 0 Å². The topological polar surface area (TPSA) is 111 Å². The lowest BCUT2D eigenvalue weighted by molar-refractivity contribution is 0.102. The molecule has 8 nitrogen and oxygen atoms in total. The first-order valence-electron chi connectivity index (χ1n) is 9.68. The summed E-state index contributed by atoms with van der Waals surface area (Å²) in [5, 5.41) is 7.86. The molecular formula is C23H16ClN7O. The number of anilines is 2. The van der Waals surface area contributed by atoms with Crippen molar-refractivity contribution >= 4 is 57.4 Å². The number of aromatic nitrogens is 4. The monoisotopic (exact) mass is 441 g/mol. The molecule has 1 amide bonds. The molecule has 0 aliphatic rings. The van der Waals surface area contributed by atoms with Crippen molar-refractivity contribution in [2.75, 3.05) is 11.1 Å². The molecule has 9 heteroatoms. The minimum Gasteiger partial charge on any atom is -0.383 e. The summed E-state index contributed by atoms with van der Waals surface area (Å²) in [5.41, 5.74) is 9.98. The summed E-state index contributed by atoms with van der Waals surface area (Å²) in [6.45, 7) is 0. The maximum Gasteiger partial charge on any atom is 0.261 e. The van der Waals surface area contributed by atoms with E-state index in [9.17, 15) is 4.79 Å². The van der Waals surface area contributed by atoms with Gasteiger partial charge in [-0.3, -0.25) is 9.78 Å². The molecule has 156 valence electrons. The Kier molecular flexibility index (Phi) is 4.97. The Hall–Kier alpha value is -4.30. The molecule has 0 saturated carbocycles. The summed E-state index contributed by atoms with van der Waals surface area (Å²) in [6.07, 6.45) is 4.94. The summed E-state index contributed by atoms with van der Waals surface area (Å²) in [7, 11) is 0. The van der Waals surface area contributed by atoms with Crippen LogP contribution in [0.25, 0.3) is 22.2 Å². The van der Waals surface area contributed by atoms with E-state index < -0.39 is 5.91 Å². The number of nitrogens with two attached hydrogens (primary N) is 1. The van der Waals surface area contributed by atoms with Gasteiger partial charge in [-0.2, -0.15) is 9.78 Å². The van der Waals surface area contributed by atoms with Crippen LogP contribution in [0.15, 0.2) is 78.2 Å². The number of nitrogens with zero attached hydrogens (tertiary/aromatic N) is 5. The fourth-order valence-corrected chi connectivity index (χ4v) is 3.42. The van der Waals surface area contributed by atoms with Crippen molar-refractivity contribution in [1.82, 2.24) is 19.6 Å². The average molecular weight is 442 g/mol. The molecular weight excluding hydrogens is 426 g/mol. The first-order chi connectivity index (χ1) is 15.6. The maximum atomic E-state index is 13.2. The number of hydrogen-bond donors (Lipinski definition) is 2. The molecule has 5 aromatic rings. The number of nitrogen functional groups attached to an aromatic ring is 1. The zero-order chi connectivity index (χ0) is 22.1. The first-order valence-corrected chi connectivity index (χ1v) is 10.1. The molecule has 0 bridgehead atoms. The number of carbonyl (C=O) groups excluding carboxylic acids is 1. The third kappa shape index (κ3) is 3.63. The van der Waals surface area contributed by atoms with Gasteiger partial charge in [0.1, 0.15) is 16.9 Å². The van der Waals surface area contributed by atoms with E-state index in [-0.39, 0.29) is 11.4 Å². The van der Waals surface area contributed by atoms with Gasteiger partial charge in [-0.1, -0.05) is 29.8 Å². The van der Waals surface area contributed by atoms with Crippen molar-refractivity contribution in [2.45, 2.75) is 0 Å². The van der Waals surface area contributed by atoms with Gasteiger partial charge in [0.2, 0.25) is 0 Å². The molecule has 0 atom stereocenters. The smallest absolute Gasteiger partial charge is 0.261 e. The van der Waals surface area contributed by atoms with Crippen LogP contribution in [0.3, 0.4) is 0 Å². The van der Waals surface area contributed by atoms with Crippen LogP contribution < -0.4 is 11.1 Å². The highest BCUT2D eigenvalue weighted by molar-refractivity contribution is 6.30. The Bertz CT molecular complexity index is 1480. The fourth-order valence-electron chi connectivity index (χ4n) is 3.29. The van der Waals surface area contributed by atoms with Gasteiger partial charge in [0.05, 0.1) is 17.2 Å². The summed E-state index contributed by atoms with van der Waals surface area (Å²) >= 11 is 5.94. The number of halogens is 1. The number of hydrogen-bond acceptors (Lipinski definition) is 6. The van der Waals surface area contributed by atoms with Gasteiger partial charge in [-0.25, -0.2) is 9.97 Å². The predicted octanol–water partition coefficient (Wildman–Crippen LogP) is 4.35.